The third kappa shape index (κ3) is 3.32. The molecule has 1 unspecified atom stereocenters. The van der Waals surface area contributed by atoms with Gasteiger partial charge in [-0.05, 0) is 44.5 Å². The fraction of sp³-hybridized carbons (Fsp3) is 0.211. The molecule has 2 heterocycles. The molecule has 1 amide bonds. The first kappa shape index (κ1) is 16.9. The van der Waals surface area contributed by atoms with Crippen LogP contribution in [0.5, 0.6) is 0 Å². The van der Waals surface area contributed by atoms with E-state index in [1.807, 2.05) is 48.9 Å². The monoisotopic (exact) mass is 350 g/mol. The third-order valence-electron chi connectivity index (χ3n) is 4.17. The lowest BCUT2D eigenvalue weighted by Crippen LogP contribution is -2.27. The van der Waals surface area contributed by atoms with Gasteiger partial charge in [-0.2, -0.15) is 5.26 Å². The molecule has 0 fully saturated rings. The fourth-order valence-electron chi connectivity index (χ4n) is 2.82. The standard InChI is InChI=1S/C19H18N4OS/c1-12-10-17(14(3)23(12)19-21-8-9-25-19)18(24)22-13(2)16-6-4-15(11-20)5-7-16/h4-10,13H,1-3H3,(H,22,24). The summed E-state index contributed by atoms with van der Waals surface area (Å²) >= 11 is 1.54. The molecule has 3 aromatic rings. The molecular weight excluding hydrogens is 332 g/mol. The molecule has 1 atom stereocenters. The second kappa shape index (κ2) is 6.91. The van der Waals surface area contributed by atoms with Crippen molar-refractivity contribution in [3.05, 3.63) is 70.0 Å². The fourth-order valence-corrected chi connectivity index (χ4v) is 3.57. The van der Waals surface area contributed by atoms with E-state index >= 15 is 0 Å². The first-order valence-corrected chi connectivity index (χ1v) is 8.79. The van der Waals surface area contributed by atoms with Gasteiger partial charge in [0.25, 0.3) is 5.91 Å². The molecule has 0 spiro atoms. The number of thiazole rings is 1. The molecule has 25 heavy (non-hydrogen) atoms. The second-order valence-electron chi connectivity index (χ2n) is 5.86. The van der Waals surface area contributed by atoms with E-state index in [4.69, 9.17) is 5.26 Å². The van der Waals surface area contributed by atoms with E-state index in [-0.39, 0.29) is 11.9 Å². The summed E-state index contributed by atoms with van der Waals surface area (Å²) in [4.78, 5) is 17.0. The van der Waals surface area contributed by atoms with Gasteiger partial charge >= 0.3 is 0 Å². The van der Waals surface area contributed by atoms with Crippen molar-refractivity contribution < 1.29 is 4.79 Å². The molecule has 0 bridgehead atoms. The number of hydrogen-bond acceptors (Lipinski definition) is 4. The topological polar surface area (TPSA) is 70.7 Å². The summed E-state index contributed by atoms with van der Waals surface area (Å²) in [5.41, 5.74) is 4.06. The SMILES string of the molecule is Cc1cc(C(=O)NC(C)c2ccc(C#N)cc2)c(C)n1-c1nccs1. The summed E-state index contributed by atoms with van der Waals surface area (Å²) in [6.45, 7) is 5.82. The summed E-state index contributed by atoms with van der Waals surface area (Å²) in [6.07, 6.45) is 1.76. The van der Waals surface area contributed by atoms with Gasteiger partial charge in [-0.3, -0.25) is 9.36 Å². The maximum atomic E-state index is 12.7. The molecule has 3 rings (SSSR count). The molecule has 0 saturated carbocycles. The van der Waals surface area contributed by atoms with Crippen LogP contribution in [0.1, 0.15) is 45.8 Å². The number of aryl methyl sites for hydroxylation is 1. The van der Waals surface area contributed by atoms with Crippen LogP contribution in [-0.2, 0) is 0 Å². The van der Waals surface area contributed by atoms with Crippen LogP contribution >= 0.6 is 11.3 Å². The molecule has 0 aliphatic rings. The number of nitriles is 1. The Labute approximate surface area is 150 Å². The molecular formula is C19H18N4OS. The highest BCUT2D eigenvalue weighted by Crippen LogP contribution is 2.23. The first-order chi connectivity index (χ1) is 12.0. The Balaban J connectivity index is 1.82. The van der Waals surface area contributed by atoms with Gasteiger partial charge in [-0.25, -0.2) is 4.98 Å². The van der Waals surface area contributed by atoms with Gasteiger partial charge in [0.2, 0.25) is 0 Å². The molecule has 0 aliphatic carbocycles. The van der Waals surface area contributed by atoms with Crippen LogP contribution in [0, 0.1) is 25.2 Å². The number of nitrogens with zero attached hydrogens (tertiary/aromatic N) is 3. The van der Waals surface area contributed by atoms with Crippen molar-refractivity contribution in [3.8, 4) is 11.2 Å². The number of hydrogen-bond donors (Lipinski definition) is 1. The molecule has 6 heteroatoms. The maximum absolute atomic E-state index is 12.7. The number of benzene rings is 1. The van der Waals surface area contributed by atoms with E-state index in [2.05, 4.69) is 16.4 Å². The minimum Gasteiger partial charge on any atom is -0.345 e. The lowest BCUT2D eigenvalue weighted by molar-refractivity contribution is 0.0939. The molecule has 0 aliphatic heterocycles. The summed E-state index contributed by atoms with van der Waals surface area (Å²) in [5, 5.41) is 14.7. The van der Waals surface area contributed by atoms with Gasteiger partial charge in [-0.1, -0.05) is 12.1 Å². The van der Waals surface area contributed by atoms with Crippen LogP contribution in [0.15, 0.2) is 41.9 Å². The van der Waals surface area contributed by atoms with Crippen molar-refractivity contribution in [2.75, 3.05) is 0 Å². The van der Waals surface area contributed by atoms with Crippen molar-refractivity contribution in [1.82, 2.24) is 14.9 Å². The van der Waals surface area contributed by atoms with E-state index in [1.54, 1.807) is 18.3 Å². The minimum absolute atomic E-state index is 0.118. The highest BCUT2D eigenvalue weighted by molar-refractivity contribution is 7.12. The van der Waals surface area contributed by atoms with Gasteiger partial charge in [-0.15, -0.1) is 11.3 Å². The van der Waals surface area contributed by atoms with Crippen LogP contribution < -0.4 is 5.32 Å². The predicted octanol–water partition coefficient (Wildman–Crippen LogP) is 3.91. The van der Waals surface area contributed by atoms with Crippen molar-refractivity contribution in [1.29, 1.82) is 5.26 Å². The lowest BCUT2D eigenvalue weighted by Gasteiger charge is -2.14. The highest BCUT2D eigenvalue weighted by atomic mass is 32.1. The van der Waals surface area contributed by atoms with Gasteiger partial charge in [0.05, 0.1) is 23.2 Å². The first-order valence-electron chi connectivity index (χ1n) is 7.91. The quantitative estimate of drug-likeness (QED) is 0.775. The average Bonchev–Trinajstić information content (AvgIpc) is 3.22. The Morgan fingerprint density at radius 2 is 2.04 bits per heavy atom. The third-order valence-corrected chi connectivity index (χ3v) is 4.93. The Hall–Kier alpha value is -2.91. The van der Waals surface area contributed by atoms with Crippen LogP contribution in [-0.4, -0.2) is 15.5 Å². The van der Waals surface area contributed by atoms with Crippen LogP contribution in [0.2, 0.25) is 0 Å². The Morgan fingerprint density at radius 3 is 2.64 bits per heavy atom. The van der Waals surface area contributed by atoms with Crippen molar-refractivity contribution >= 4 is 17.2 Å². The summed E-state index contributed by atoms with van der Waals surface area (Å²) in [5.74, 6) is -0.118. The van der Waals surface area contributed by atoms with Crippen LogP contribution in [0.25, 0.3) is 5.13 Å². The number of nitrogens with one attached hydrogen (secondary N) is 1. The van der Waals surface area contributed by atoms with Gasteiger partial charge in [0.15, 0.2) is 5.13 Å². The number of rotatable bonds is 4. The Bertz CT molecular complexity index is 933. The maximum Gasteiger partial charge on any atom is 0.253 e. The number of amides is 1. The number of carbonyl (C=O) groups is 1. The zero-order chi connectivity index (χ0) is 18.0. The largest absolute Gasteiger partial charge is 0.345 e. The van der Waals surface area contributed by atoms with Crippen molar-refractivity contribution in [2.24, 2.45) is 0 Å². The van der Waals surface area contributed by atoms with Gasteiger partial charge < -0.3 is 5.32 Å². The molecule has 1 N–H and O–H groups in total. The summed E-state index contributed by atoms with van der Waals surface area (Å²) in [7, 11) is 0. The lowest BCUT2D eigenvalue weighted by atomic mass is 10.1. The zero-order valence-electron chi connectivity index (χ0n) is 14.3. The highest BCUT2D eigenvalue weighted by Gasteiger charge is 2.19. The average molecular weight is 350 g/mol. The number of carbonyl (C=O) groups excluding carboxylic acids is 1. The predicted molar refractivity (Wildman–Crippen MR) is 98.0 cm³/mol. The Kier molecular flexibility index (Phi) is 4.68. The van der Waals surface area contributed by atoms with Gasteiger partial charge in [0, 0.05) is 23.0 Å². The van der Waals surface area contributed by atoms with E-state index in [0.29, 0.717) is 11.1 Å². The van der Waals surface area contributed by atoms with E-state index in [9.17, 15) is 4.79 Å². The van der Waals surface area contributed by atoms with E-state index < -0.39 is 0 Å². The minimum atomic E-state index is -0.150. The van der Waals surface area contributed by atoms with Gasteiger partial charge in [0.1, 0.15) is 0 Å². The molecule has 1 aromatic carbocycles. The molecule has 0 saturated heterocycles. The van der Waals surface area contributed by atoms with Crippen LogP contribution in [0.3, 0.4) is 0 Å². The number of aromatic nitrogens is 2. The summed E-state index contributed by atoms with van der Waals surface area (Å²) < 4.78 is 1.99. The molecule has 5 nitrogen and oxygen atoms in total. The van der Waals surface area contributed by atoms with Crippen LogP contribution in [0.4, 0.5) is 0 Å². The van der Waals surface area contributed by atoms with E-state index in [1.165, 1.54) is 11.3 Å². The van der Waals surface area contributed by atoms with Crippen molar-refractivity contribution in [2.45, 2.75) is 26.8 Å². The normalized spacial score (nSPS) is 11.8. The van der Waals surface area contributed by atoms with E-state index in [0.717, 1.165) is 22.1 Å². The molecule has 2 aromatic heterocycles. The molecule has 126 valence electrons. The zero-order valence-corrected chi connectivity index (χ0v) is 15.1. The Morgan fingerprint density at radius 1 is 1.32 bits per heavy atom. The van der Waals surface area contributed by atoms with Crippen molar-refractivity contribution in [3.63, 3.8) is 0 Å². The summed E-state index contributed by atoms with van der Waals surface area (Å²) in [6, 6.07) is 11.1. The molecule has 0 radical (unpaired) electrons. The smallest absolute Gasteiger partial charge is 0.253 e. The second-order valence-corrected chi connectivity index (χ2v) is 6.74.